The van der Waals surface area contributed by atoms with Gasteiger partial charge >= 0.3 is 0 Å². The second-order valence-electron chi connectivity index (χ2n) is 28.5. The van der Waals surface area contributed by atoms with Gasteiger partial charge in [-0.3, -0.25) is 4.79 Å². The number of hydrogen-bond donors (Lipinski definition) is 5. The van der Waals surface area contributed by atoms with Gasteiger partial charge in [-0.05, 0) is 146 Å². The number of amides is 1. The first-order valence-corrected chi connectivity index (χ1v) is 39.4. The average Bonchev–Trinajstić information content (AvgIpc) is 1.50. The van der Waals surface area contributed by atoms with Crippen molar-refractivity contribution in [3.05, 3.63) is 262 Å². The number of nitrogens with one attached hydrogen (secondary N) is 4. The highest BCUT2D eigenvalue weighted by atomic mass is 16.5. The predicted octanol–water partition coefficient (Wildman–Crippen LogP) is 15.3. The number of anilines is 10. The van der Waals surface area contributed by atoms with E-state index in [1.54, 1.807) is 46.0 Å². The Hall–Kier alpha value is -14.0. The summed E-state index contributed by atoms with van der Waals surface area (Å²) >= 11 is 0. The number of para-hydroxylation sites is 2. The summed E-state index contributed by atoms with van der Waals surface area (Å²) in [6.45, 7) is 12.5. The number of aliphatic hydroxyl groups is 1. The highest BCUT2D eigenvalue weighted by molar-refractivity contribution is 5.96. The SMILES string of the molecule is CN1CCCN(c2nc(-c3cccc4ccccc34)cn3ccnc23)CC1.COc1ccc(NC(C)=O)cc1-c1cn2ccnc2c(Nc2ccc(N3CCOCC3)cc2)n1.COc1ccccc1-c1cn2ccnc2c(Nc2ccc(CCO)cc2)n1.COc1ccccc1-c1cn2ccnc2c(Nc2ccc(N3CCOCC3)cc2)n1. The molecule has 3 fully saturated rings. The topological polar surface area (TPSA) is 265 Å². The maximum absolute atomic E-state index is 11.5. The second kappa shape index (κ2) is 36.7. The van der Waals surface area contributed by atoms with Crippen LogP contribution in [-0.2, 0) is 20.7 Å². The van der Waals surface area contributed by atoms with Gasteiger partial charge in [0.2, 0.25) is 5.91 Å². The smallest absolute Gasteiger partial charge is 0.221 e. The number of fused-ring (bicyclic) bond motifs is 5. The molecule has 3 aliphatic rings. The zero-order valence-corrected chi connectivity index (χ0v) is 66.4. The maximum Gasteiger partial charge on any atom is 0.221 e. The first-order valence-electron chi connectivity index (χ1n) is 39.4. The number of benzene rings is 8. The number of likely N-dealkylation sites (N-methyl/N-ethyl adjacent to an activating group) is 1. The molecule has 27 nitrogen and oxygen atoms in total. The molecule has 3 aliphatic heterocycles. The van der Waals surface area contributed by atoms with Gasteiger partial charge in [0.1, 0.15) is 17.2 Å². The molecule has 0 unspecified atom stereocenters. The molecule has 8 aromatic carbocycles. The van der Waals surface area contributed by atoms with Crippen LogP contribution in [0.3, 0.4) is 0 Å². The van der Waals surface area contributed by atoms with Crippen LogP contribution in [0.4, 0.5) is 57.4 Å². The van der Waals surface area contributed by atoms with E-state index in [9.17, 15) is 4.79 Å². The van der Waals surface area contributed by atoms with Crippen LogP contribution in [0.1, 0.15) is 18.9 Å². The van der Waals surface area contributed by atoms with Crippen molar-refractivity contribution in [3.63, 3.8) is 0 Å². The Morgan fingerprint density at radius 3 is 1.35 bits per heavy atom. The molecule has 16 aromatic rings. The largest absolute Gasteiger partial charge is 0.496 e. The monoisotopic (exact) mass is 1580 g/mol. The predicted molar refractivity (Wildman–Crippen MR) is 466 cm³/mol. The second-order valence-corrected chi connectivity index (χ2v) is 28.5. The zero-order chi connectivity index (χ0) is 80.7. The summed E-state index contributed by atoms with van der Waals surface area (Å²) in [6.07, 6.45) is 24.5. The highest BCUT2D eigenvalue weighted by Crippen LogP contribution is 2.38. The Morgan fingerprint density at radius 2 is 0.847 bits per heavy atom. The summed E-state index contributed by atoms with van der Waals surface area (Å²) in [7, 11) is 7.13. The van der Waals surface area contributed by atoms with E-state index in [0.717, 1.165) is 181 Å². The summed E-state index contributed by atoms with van der Waals surface area (Å²) < 4.78 is 35.4. The molecular formula is C91H92N20O7. The molecule has 3 saturated heterocycles. The average molecular weight is 1580 g/mol. The van der Waals surface area contributed by atoms with Crippen molar-refractivity contribution in [1.29, 1.82) is 0 Å². The number of carbonyl (C=O) groups excluding carboxylic acids is 1. The third-order valence-electron chi connectivity index (χ3n) is 20.8. The third-order valence-corrected chi connectivity index (χ3v) is 20.8. The van der Waals surface area contributed by atoms with Crippen molar-refractivity contribution in [1.82, 2.24) is 62.4 Å². The Morgan fingerprint density at radius 1 is 0.424 bits per heavy atom. The lowest BCUT2D eigenvalue weighted by atomic mass is 10.0. The van der Waals surface area contributed by atoms with Crippen molar-refractivity contribution in [2.24, 2.45) is 0 Å². The molecule has 0 aliphatic carbocycles. The number of carbonyl (C=O) groups is 1. The number of aliphatic hydroxyl groups excluding tert-OH is 1. The van der Waals surface area contributed by atoms with E-state index in [-0.39, 0.29) is 12.5 Å². The lowest BCUT2D eigenvalue weighted by Crippen LogP contribution is -2.36. The van der Waals surface area contributed by atoms with E-state index in [1.165, 1.54) is 29.1 Å². The first kappa shape index (κ1) is 77.9. The number of ether oxygens (including phenoxy) is 5. The van der Waals surface area contributed by atoms with Crippen molar-refractivity contribution in [2.75, 3.05) is 150 Å². The van der Waals surface area contributed by atoms with Gasteiger partial charge in [-0.1, -0.05) is 78.9 Å². The molecule has 0 atom stereocenters. The van der Waals surface area contributed by atoms with Crippen molar-refractivity contribution >= 4 is 96.7 Å². The summed E-state index contributed by atoms with van der Waals surface area (Å²) in [6, 6.07) is 60.7. The fraction of sp³-hybridized carbons (Fsp3) is 0.220. The van der Waals surface area contributed by atoms with Crippen LogP contribution in [0, 0.1) is 0 Å². The quantitative estimate of drug-likeness (QED) is 0.0504. The van der Waals surface area contributed by atoms with Gasteiger partial charge in [0.15, 0.2) is 45.9 Å². The van der Waals surface area contributed by atoms with E-state index in [2.05, 4.69) is 157 Å². The Labute approximate surface area is 682 Å². The van der Waals surface area contributed by atoms with Gasteiger partial charge < -0.3 is 87.3 Å². The van der Waals surface area contributed by atoms with E-state index in [1.807, 2.05) is 160 Å². The van der Waals surface area contributed by atoms with Gasteiger partial charge in [0.25, 0.3) is 0 Å². The Kier molecular flexibility index (Phi) is 24.2. The van der Waals surface area contributed by atoms with Crippen LogP contribution < -0.4 is 50.2 Å². The number of rotatable bonds is 19. The van der Waals surface area contributed by atoms with E-state index in [4.69, 9.17) is 48.7 Å². The van der Waals surface area contributed by atoms with Crippen LogP contribution >= 0.6 is 0 Å². The summed E-state index contributed by atoms with van der Waals surface area (Å²) in [5, 5.41) is 24.5. The molecular weight excluding hydrogens is 1490 g/mol. The van der Waals surface area contributed by atoms with Gasteiger partial charge in [-0.15, -0.1) is 0 Å². The minimum Gasteiger partial charge on any atom is -0.496 e. The van der Waals surface area contributed by atoms with Gasteiger partial charge in [0, 0.05) is 190 Å². The fourth-order valence-electron chi connectivity index (χ4n) is 14.7. The summed E-state index contributed by atoms with van der Waals surface area (Å²) in [5.41, 5.74) is 17.1. The normalized spacial score (nSPS) is 13.7. The number of hydrogen-bond acceptors (Lipinski definition) is 22. The number of morpholine rings is 2. The lowest BCUT2D eigenvalue weighted by Gasteiger charge is -2.28. The van der Waals surface area contributed by atoms with Gasteiger partial charge in [-0.2, -0.15) is 0 Å². The zero-order valence-electron chi connectivity index (χ0n) is 66.4. The van der Waals surface area contributed by atoms with E-state index < -0.39 is 0 Å². The van der Waals surface area contributed by atoms with E-state index >= 15 is 0 Å². The molecule has 598 valence electrons. The highest BCUT2D eigenvalue weighted by Gasteiger charge is 2.23. The maximum atomic E-state index is 11.5. The summed E-state index contributed by atoms with van der Waals surface area (Å²) in [4.78, 5) is 58.5. The molecule has 0 radical (unpaired) electrons. The molecule has 118 heavy (non-hydrogen) atoms. The van der Waals surface area contributed by atoms with Crippen LogP contribution in [0.15, 0.2) is 256 Å². The number of aromatic nitrogens is 12. The third kappa shape index (κ3) is 18.1. The summed E-state index contributed by atoms with van der Waals surface area (Å²) in [5.74, 6) is 5.03. The number of imidazole rings is 4. The molecule has 0 saturated carbocycles. The van der Waals surface area contributed by atoms with Crippen LogP contribution in [0.5, 0.6) is 17.2 Å². The van der Waals surface area contributed by atoms with Gasteiger partial charge in [-0.25, -0.2) is 39.9 Å². The number of nitrogens with zero attached hydrogens (tertiary/aromatic N) is 16. The first-order chi connectivity index (χ1) is 58.0. The standard InChI is InChI=1S/C25H26N6O3.C23H23N5O2.C22H23N5.C21H20N4O2/c1-17(32)27-19-5-8-23(33-2)21(15-19)22-16-31-10-9-26-25(31)24(29-22)28-18-3-6-20(7-4-18)30-11-13-34-14-12-30;1-29-21-5-3-2-4-19(21)20-16-28-11-10-24-23(28)22(26-20)25-17-6-8-18(9-7-17)27-12-14-30-15-13-27;1-25-11-5-12-26(15-14-25)22-21-23-10-13-27(21)16-20(24-22)19-9-4-7-17-6-2-3-8-18(17)19;1-27-19-5-3-2-4-17(19)18-14-25-12-11-22-21(25)20(24-18)23-16-8-6-15(7-9-16)10-13-26/h3-10,15-16H,11-14H2,1-2H3,(H,27,32)(H,28,29);2-11,16H,12-15H2,1H3,(H,25,26);2-4,6-10,13,16H,5,11-12,14-15H2,1H3;2-9,11-12,14,26H,10,13H2,1H3,(H,23,24). The molecule has 5 N–H and O–H groups in total. The minimum absolute atomic E-state index is 0.142. The molecule has 8 aromatic heterocycles. The molecule has 0 bridgehead atoms. The number of methoxy groups -OCH3 is 3. The van der Waals surface area contributed by atoms with Crippen molar-refractivity contribution in [2.45, 2.75) is 19.8 Å². The molecule has 0 spiro atoms. The lowest BCUT2D eigenvalue weighted by molar-refractivity contribution is -0.114. The van der Waals surface area contributed by atoms with Crippen LogP contribution in [-0.4, -0.2) is 187 Å². The molecule has 11 heterocycles. The Balaban J connectivity index is 0.000000118. The molecule has 27 heteroatoms. The van der Waals surface area contributed by atoms with Crippen LogP contribution in [0.2, 0.25) is 0 Å². The van der Waals surface area contributed by atoms with Crippen molar-refractivity contribution < 1.29 is 33.6 Å². The fourth-order valence-corrected chi connectivity index (χ4v) is 14.7. The van der Waals surface area contributed by atoms with Gasteiger partial charge in [0.05, 0.1) is 70.5 Å². The minimum atomic E-state index is -0.142. The van der Waals surface area contributed by atoms with Crippen LogP contribution in [0.25, 0.3) is 78.4 Å². The molecule has 19 rings (SSSR count). The van der Waals surface area contributed by atoms with Crippen molar-refractivity contribution in [3.8, 4) is 62.3 Å². The Bertz CT molecular complexity index is 6100. The van der Waals surface area contributed by atoms with E-state index in [0.29, 0.717) is 46.7 Å². The molecule has 1 amide bonds.